The Kier molecular flexibility index (Phi) is 3.82. The van der Waals surface area contributed by atoms with Gasteiger partial charge in [-0.3, -0.25) is 4.79 Å². The predicted molar refractivity (Wildman–Crippen MR) is 79.6 cm³/mol. The standard InChI is InChI=1S/C16H20N2O3/c19-15(18-10-2-1-8-13(18)16(20)21)12-7-3-5-11-6-4-9-17-14(11)12/h3,5,7,13,17H,1-2,4,6,8-10H2,(H,20,21). The number of rotatable bonds is 2. The molecule has 112 valence electrons. The number of benzene rings is 1. The maximum Gasteiger partial charge on any atom is 0.326 e. The third-order valence-electron chi connectivity index (χ3n) is 4.35. The van der Waals surface area contributed by atoms with E-state index >= 15 is 0 Å². The molecule has 2 N–H and O–H groups in total. The number of carboxylic acid groups (broad SMARTS) is 1. The lowest BCUT2D eigenvalue weighted by Gasteiger charge is -2.34. The average Bonchev–Trinajstić information content (AvgIpc) is 2.53. The van der Waals surface area contributed by atoms with Gasteiger partial charge >= 0.3 is 5.97 Å². The molecule has 2 aliphatic heterocycles. The summed E-state index contributed by atoms with van der Waals surface area (Å²) in [6.45, 7) is 1.39. The van der Waals surface area contributed by atoms with Crippen molar-refractivity contribution in [1.82, 2.24) is 4.90 Å². The Morgan fingerprint density at radius 2 is 2.10 bits per heavy atom. The third kappa shape index (κ3) is 2.60. The van der Waals surface area contributed by atoms with Crippen LogP contribution in [0.5, 0.6) is 0 Å². The minimum absolute atomic E-state index is 0.159. The van der Waals surface area contributed by atoms with Crippen LogP contribution in [-0.4, -0.2) is 41.0 Å². The number of fused-ring (bicyclic) bond motifs is 1. The van der Waals surface area contributed by atoms with Crippen molar-refractivity contribution in [3.8, 4) is 0 Å². The van der Waals surface area contributed by atoms with Crippen LogP contribution in [-0.2, 0) is 11.2 Å². The fourth-order valence-corrected chi connectivity index (χ4v) is 3.27. The summed E-state index contributed by atoms with van der Waals surface area (Å²) in [6, 6.07) is 5.03. The highest BCUT2D eigenvalue weighted by Gasteiger charge is 2.33. The molecule has 21 heavy (non-hydrogen) atoms. The molecule has 3 rings (SSSR count). The van der Waals surface area contributed by atoms with E-state index in [-0.39, 0.29) is 5.91 Å². The molecule has 0 aromatic heterocycles. The number of amides is 1. The summed E-state index contributed by atoms with van der Waals surface area (Å²) in [6.07, 6.45) is 4.31. The topological polar surface area (TPSA) is 69.6 Å². The van der Waals surface area contributed by atoms with Crippen LogP contribution in [0.25, 0.3) is 0 Å². The van der Waals surface area contributed by atoms with Gasteiger partial charge in [-0.05, 0) is 43.7 Å². The van der Waals surface area contributed by atoms with Crippen LogP contribution in [0, 0.1) is 0 Å². The van der Waals surface area contributed by atoms with Gasteiger partial charge in [0.15, 0.2) is 0 Å². The van der Waals surface area contributed by atoms with Gasteiger partial charge in [-0.1, -0.05) is 12.1 Å². The van der Waals surface area contributed by atoms with E-state index in [1.807, 2.05) is 12.1 Å². The third-order valence-corrected chi connectivity index (χ3v) is 4.35. The summed E-state index contributed by atoms with van der Waals surface area (Å²) >= 11 is 0. The van der Waals surface area contributed by atoms with E-state index in [1.165, 1.54) is 4.90 Å². The number of aryl methyl sites for hydroxylation is 1. The summed E-state index contributed by atoms with van der Waals surface area (Å²) < 4.78 is 0. The molecule has 0 spiro atoms. The molecule has 5 nitrogen and oxygen atoms in total. The Labute approximate surface area is 123 Å². The highest BCUT2D eigenvalue weighted by molar-refractivity contribution is 6.02. The zero-order valence-electron chi connectivity index (χ0n) is 12.0. The molecule has 0 saturated carbocycles. The van der Waals surface area contributed by atoms with Gasteiger partial charge in [-0.25, -0.2) is 4.79 Å². The lowest BCUT2D eigenvalue weighted by Crippen LogP contribution is -2.48. The quantitative estimate of drug-likeness (QED) is 0.874. The molecule has 2 heterocycles. The van der Waals surface area contributed by atoms with E-state index in [0.717, 1.165) is 43.5 Å². The van der Waals surface area contributed by atoms with Crippen LogP contribution in [0.15, 0.2) is 18.2 Å². The van der Waals surface area contributed by atoms with E-state index in [2.05, 4.69) is 5.32 Å². The molecule has 1 saturated heterocycles. The monoisotopic (exact) mass is 288 g/mol. The van der Waals surface area contributed by atoms with Crippen molar-refractivity contribution >= 4 is 17.6 Å². The summed E-state index contributed by atoms with van der Waals surface area (Å²) in [7, 11) is 0. The van der Waals surface area contributed by atoms with Crippen LogP contribution in [0.4, 0.5) is 5.69 Å². The van der Waals surface area contributed by atoms with Gasteiger partial charge in [0, 0.05) is 13.1 Å². The highest BCUT2D eigenvalue weighted by atomic mass is 16.4. The highest BCUT2D eigenvalue weighted by Crippen LogP contribution is 2.29. The predicted octanol–water partition coefficient (Wildman–Crippen LogP) is 2.12. The lowest BCUT2D eigenvalue weighted by molar-refractivity contribution is -0.143. The van der Waals surface area contributed by atoms with E-state index < -0.39 is 12.0 Å². The van der Waals surface area contributed by atoms with Crippen LogP contribution in [0.3, 0.4) is 0 Å². The van der Waals surface area contributed by atoms with Gasteiger partial charge < -0.3 is 15.3 Å². The Morgan fingerprint density at radius 3 is 2.90 bits per heavy atom. The van der Waals surface area contributed by atoms with E-state index in [0.29, 0.717) is 18.5 Å². The van der Waals surface area contributed by atoms with Crippen molar-refractivity contribution in [2.75, 3.05) is 18.4 Å². The molecule has 1 amide bonds. The number of carboxylic acids is 1. The summed E-state index contributed by atoms with van der Waals surface area (Å²) in [5.74, 6) is -1.06. The molecule has 1 fully saturated rings. The minimum Gasteiger partial charge on any atom is -0.480 e. The van der Waals surface area contributed by atoms with Crippen LogP contribution in [0.1, 0.15) is 41.6 Å². The Hall–Kier alpha value is -2.04. The fourth-order valence-electron chi connectivity index (χ4n) is 3.27. The van der Waals surface area contributed by atoms with Gasteiger partial charge in [0.25, 0.3) is 5.91 Å². The average molecular weight is 288 g/mol. The van der Waals surface area contributed by atoms with Crippen molar-refractivity contribution in [2.24, 2.45) is 0 Å². The number of nitrogens with zero attached hydrogens (tertiary/aromatic N) is 1. The van der Waals surface area contributed by atoms with Crippen molar-refractivity contribution in [1.29, 1.82) is 0 Å². The number of aliphatic carboxylic acids is 1. The smallest absolute Gasteiger partial charge is 0.326 e. The second kappa shape index (κ2) is 5.76. The van der Waals surface area contributed by atoms with Crippen LogP contribution >= 0.6 is 0 Å². The van der Waals surface area contributed by atoms with E-state index in [1.54, 1.807) is 6.07 Å². The zero-order valence-corrected chi connectivity index (χ0v) is 12.0. The maximum atomic E-state index is 12.8. The largest absolute Gasteiger partial charge is 0.480 e. The molecule has 1 aromatic rings. The number of para-hydroxylation sites is 1. The van der Waals surface area contributed by atoms with Gasteiger partial charge in [-0.15, -0.1) is 0 Å². The van der Waals surface area contributed by atoms with Gasteiger partial charge in [0.05, 0.1) is 11.3 Å². The number of hydrogen-bond acceptors (Lipinski definition) is 3. The first-order valence-electron chi connectivity index (χ1n) is 7.58. The first-order valence-corrected chi connectivity index (χ1v) is 7.58. The van der Waals surface area contributed by atoms with E-state index in [9.17, 15) is 14.7 Å². The van der Waals surface area contributed by atoms with Crippen molar-refractivity contribution in [2.45, 2.75) is 38.1 Å². The molecule has 5 heteroatoms. The molecular formula is C16H20N2O3. The number of carbonyl (C=O) groups excluding carboxylic acids is 1. The lowest BCUT2D eigenvalue weighted by atomic mass is 9.96. The fraction of sp³-hybridized carbons (Fsp3) is 0.500. The zero-order chi connectivity index (χ0) is 14.8. The molecule has 1 atom stereocenters. The van der Waals surface area contributed by atoms with Crippen LogP contribution < -0.4 is 5.32 Å². The summed E-state index contributed by atoms with van der Waals surface area (Å²) in [4.78, 5) is 25.7. The number of nitrogens with one attached hydrogen (secondary N) is 1. The number of likely N-dealkylation sites (tertiary alicyclic amines) is 1. The van der Waals surface area contributed by atoms with Crippen LogP contribution in [0.2, 0.25) is 0 Å². The van der Waals surface area contributed by atoms with Crippen molar-refractivity contribution < 1.29 is 14.7 Å². The van der Waals surface area contributed by atoms with Gasteiger partial charge in [-0.2, -0.15) is 0 Å². The molecule has 0 bridgehead atoms. The Bertz CT molecular complexity index is 571. The molecule has 0 aliphatic carbocycles. The first-order chi connectivity index (χ1) is 10.2. The SMILES string of the molecule is O=C(O)C1CCCCN1C(=O)c1cccc2c1NCCC2. The molecular weight excluding hydrogens is 268 g/mol. The molecule has 0 radical (unpaired) electrons. The second-order valence-corrected chi connectivity index (χ2v) is 5.72. The molecule has 1 unspecified atom stereocenters. The van der Waals surface area contributed by atoms with Crippen molar-refractivity contribution in [3.63, 3.8) is 0 Å². The number of piperidine rings is 1. The normalized spacial score (nSPS) is 21.3. The molecule has 2 aliphatic rings. The van der Waals surface area contributed by atoms with Gasteiger partial charge in [0.2, 0.25) is 0 Å². The Balaban J connectivity index is 1.92. The molecule has 1 aromatic carbocycles. The Morgan fingerprint density at radius 1 is 1.24 bits per heavy atom. The summed E-state index contributed by atoms with van der Waals surface area (Å²) in [5, 5.41) is 12.6. The number of carbonyl (C=O) groups is 2. The maximum absolute atomic E-state index is 12.8. The van der Waals surface area contributed by atoms with Gasteiger partial charge in [0.1, 0.15) is 6.04 Å². The number of anilines is 1. The minimum atomic E-state index is -0.902. The number of hydrogen-bond donors (Lipinski definition) is 2. The first kappa shape index (κ1) is 13.9. The van der Waals surface area contributed by atoms with Crippen molar-refractivity contribution in [3.05, 3.63) is 29.3 Å². The summed E-state index contributed by atoms with van der Waals surface area (Å²) in [5.41, 5.74) is 2.65. The second-order valence-electron chi connectivity index (χ2n) is 5.72. The van der Waals surface area contributed by atoms with E-state index in [4.69, 9.17) is 0 Å².